The monoisotopic (exact) mass is 296 g/mol. The second-order valence-corrected chi connectivity index (χ2v) is 5.78. The molecule has 2 aromatic carbocycles. The smallest absolute Gasteiger partial charge is 0.0961 e. The van der Waals surface area contributed by atoms with Gasteiger partial charge >= 0.3 is 0 Å². The number of aliphatic hydroxyl groups is 1. The summed E-state index contributed by atoms with van der Waals surface area (Å²) in [7, 11) is 0. The first-order valence-corrected chi connectivity index (χ1v) is 7.64. The summed E-state index contributed by atoms with van der Waals surface area (Å²) in [5.41, 5.74) is 9.31. The molecule has 0 radical (unpaired) electrons. The van der Waals surface area contributed by atoms with Gasteiger partial charge in [0.05, 0.1) is 16.8 Å². The van der Waals surface area contributed by atoms with Gasteiger partial charge in [0.15, 0.2) is 0 Å². The third kappa shape index (κ3) is 3.12. The van der Waals surface area contributed by atoms with Crippen molar-refractivity contribution in [3.8, 4) is 11.3 Å². The van der Waals surface area contributed by atoms with Crippen LogP contribution in [0.3, 0.4) is 0 Å². The predicted octanol–water partition coefficient (Wildman–Crippen LogP) is 3.67. The largest absolute Gasteiger partial charge is 0.398 e. The van der Waals surface area contributed by atoms with Crippen molar-refractivity contribution in [1.29, 1.82) is 0 Å². The summed E-state index contributed by atoms with van der Waals surface area (Å²) in [6.45, 7) is 0. The van der Waals surface area contributed by atoms with Crippen molar-refractivity contribution in [3.05, 3.63) is 70.5 Å². The number of benzene rings is 2. The van der Waals surface area contributed by atoms with Crippen LogP contribution in [-0.4, -0.2) is 10.1 Å². The minimum absolute atomic E-state index is 0.478. The lowest BCUT2D eigenvalue weighted by molar-refractivity contribution is 0.179. The predicted molar refractivity (Wildman–Crippen MR) is 87.1 cm³/mol. The van der Waals surface area contributed by atoms with Crippen molar-refractivity contribution in [2.75, 3.05) is 5.73 Å². The fourth-order valence-electron chi connectivity index (χ4n) is 2.24. The molecule has 0 amide bonds. The Bertz CT molecular complexity index is 724. The van der Waals surface area contributed by atoms with E-state index in [2.05, 4.69) is 4.98 Å². The first kappa shape index (κ1) is 13.8. The number of nitrogens with zero attached hydrogens (tertiary/aromatic N) is 1. The van der Waals surface area contributed by atoms with Gasteiger partial charge in [0.25, 0.3) is 0 Å². The molecule has 3 aromatic rings. The molecule has 1 heterocycles. The SMILES string of the molecule is Nc1ccccc1C(O)Cc1nc(-c2ccccc2)cs1. The molecule has 3 nitrogen and oxygen atoms in total. The molecule has 0 saturated carbocycles. The number of thiazole rings is 1. The molecule has 106 valence electrons. The van der Waals surface area contributed by atoms with Crippen LogP contribution in [0.15, 0.2) is 60.0 Å². The van der Waals surface area contributed by atoms with Gasteiger partial charge in [-0.05, 0) is 6.07 Å². The van der Waals surface area contributed by atoms with E-state index in [9.17, 15) is 5.11 Å². The van der Waals surface area contributed by atoms with E-state index < -0.39 is 6.10 Å². The van der Waals surface area contributed by atoms with Crippen molar-refractivity contribution in [2.45, 2.75) is 12.5 Å². The molecule has 4 heteroatoms. The number of hydrogen-bond donors (Lipinski definition) is 2. The number of para-hydroxylation sites is 1. The highest BCUT2D eigenvalue weighted by Crippen LogP contribution is 2.27. The van der Waals surface area contributed by atoms with Gasteiger partial charge < -0.3 is 10.8 Å². The van der Waals surface area contributed by atoms with Gasteiger partial charge in [-0.1, -0.05) is 48.5 Å². The molecule has 1 atom stereocenters. The Kier molecular flexibility index (Phi) is 3.99. The molecule has 1 unspecified atom stereocenters. The van der Waals surface area contributed by atoms with Crippen LogP contribution < -0.4 is 5.73 Å². The lowest BCUT2D eigenvalue weighted by Gasteiger charge is -2.11. The molecular formula is C17H16N2OS. The molecule has 0 spiro atoms. The maximum absolute atomic E-state index is 10.3. The molecule has 0 bridgehead atoms. The Balaban J connectivity index is 1.77. The van der Waals surface area contributed by atoms with E-state index in [0.717, 1.165) is 21.8 Å². The number of hydrogen-bond acceptors (Lipinski definition) is 4. The summed E-state index contributed by atoms with van der Waals surface area (Å²) < 4.78 is 0. The van der Waals surface area contributed by atoms with Crippen molar-refractivity contribution >= 4 is 17.0 Å². The van der Waals surface area contributed by atoms with Crippen LogP contribution in [0.2, 0.25) is 0 Å². The quantitative estimate of drug-likeness (QED) is 0.722. The minimum Gasteiger partial charge on any atom is -0.398 e. The first-order chi connectivity index (χ1) is 10.2. The maximum atomic E-state index is 10.3. The molecule has 0 aliphatic rings. The van der Waals surface area contributed by atoms with Crippen molar-refractivity contribution in [1.82, 2.24) is 4.98 Å². The van der Waals surface area contributed by atoms with Gasteiger partial charge in [0, 0.05) is 28.6 Å². The number of aliphatic hydroxyl groups excluding tert-OH is 1. The first-order valence-electron chi connectivity index (χ1n) is 6.76. The van der Waals surface area contributed by atoms with E-state index in [1.165, 1.54) is 0 Å². The van der Waals surface area contributed by atoms with Crippen molar-refractivity contribution in [2.24, 2.45) is 0 Å². The van der Waals surface area contributed by atoms with Crippen LogP contribution in [0.25, 0.3) is 11.3 Å². The zero-order valence-electron chi connectivity index (χ0n) is 11.4. The maximum Gasteiger partial charge on any atom is 0.0961 e. The molecule has 0 aliphatic carbocycles. The van der Waals surface area contributed by atoms with Crippen molar-refractivity contribution in [3.63, 3.8) is 0 Å². The molecule has 3 rings (SSSR count). The van der Waals surface area contributed by atoms with Crippen LogP contribution in [0, 0.1) is 0 Å². The summed E-state index contributed by atoms with van der Waals surface area (Å²) >= 11 is 1.56. The van der Waals surface area contributed by atoms with Gasteiger partial charge in [-0.25, -0.2) is 4.98 Å². The Morgan fingerprint density at radius 1 is 1.05 bits per heavy atom. The highest BCUT2D eigenvalue weighted by Gasteiger charge is 2.14. The average molecular weight is 296 g/mol. The lowest BCUT2D eigenvalue weighted by Crippen LogP contribution is -2.04. The van der Waals surface area contributed by atoms with Crippen LogP contribution >= 0.6 is 11.3 Å². The number of aromatic nitrogens is 1. The summed E-state index contributed by atoms with van der Waals surface area (Å²) in [5.74, 6) is 0. The molecular weight excluding hydrogens is 280 g/mol. The zero-order chi connectivity index (χ0) is 14.7. The fraction of sp³-hybridized carbons (Fsp3) is 0.118. The van der Waals surface area contributed by atoms with Gasteiger partial charge in [-0.2, -0.15) is 0 Å². The molecule has 0 fully saturated rings. The van der Waals surface area contributed by atoms with E-state index in [1.54, 1.807) is 17.4 Å². The van der Waals surface area contributed by atoms with Gasteiger partial charge in [0.1, 0.15) is 0 Å². The molecule has 0 aliphatic heterocycles. The normalized spacial score (nSPS) is 12.2. The highest BCUT2D eigenvalue weighted by atomic mass is 32.1. The van der Waals surface area contributed by atoms with E-state index in [-0.39, 0.29) is 0 Å². The van der Waals surface area contributed by atoms with E-state index >= 15 is 0 Å². The Hall–Kier alpha value is -2.17. The van der Waals surface area contributed by atoms with Crippen LogP contribution in [0.1, 0.15) is 16.7 Å². The molecule has 3 N–H and O–H groups in total. The average Bonchev–Trinajstić information content (AvgIpc) is 2.97. The molecule has 21 heavy (non-hydrogen) atoms. The highest BCUT2D eigenvalue weighted by molar-refractivity contribution is 7.09. The fourth-order valence-corrected chi connectivity index (χ4v) is 3.08. The van der Waals surface area contributed by atoms with E-state index in [0.29, 0.717) is 12.1 Å². The van der Waals surface area contributed by atoms with Crippen LogP contribution in [0.5, 0.6) is 0 Å². The second kappa shape index (κ2) is 6.08. The Morgan fingerprint density at radius 2 is 1.76 bits per heavy atom. The standard InChI is InChI=1S/C17H16N2OS/c18-14-9-5-4-8-13(14)16(20)10-17-19-15(11-21-17)12-6-2-1-3-7-12/h1-9,11,16,20H,10,18H2. The molecule has 0 saturated heterocycles. The Morgan fingerprint density at radius 3 is 2.52 bits per heavy atom. The zero-order valence-corrected chi connectivity index (χ0v) is 12.3. The Labute approximate surface area is 127 Å². The van der Waals surface area contributed by atoms with E-state index in [4.69, 9.17) is 5.73 Å². The topological polar surface area (TPSA) is 59.1 Å². The number of rotatable bonds is 4. The van der Waals surface area contributed by atoms with Gasteiger partial charge in [-0.3, -0.25) is 0 Å². The van der Waals surface area contributed by atoms with Crippen molar-refractivity contribution < 1.29 is 5.11 Å². The number of nitrogens with two attached hydrogens (primary N) is 1. The number of nitrogen functional groups attached to an aromatic ring is 1. The third-order valence-electron chi connectivity index (χ3n) is 3.34. The second-order valence-electron chi connectivity index (χ2n) is 4.84. The lowest BCUT2D eigenvalue weighted by atomic mass is 10.1. The summed E-state index contributed by atoms with van der Waals surface area (Å²) in [6, 6.07) is 17.4. The van der Waals surface area contributed by atoms with Crippen LogP contribution in [-0.2, 0) is 6.42 Å². The minimum atomic E-state index is -0.624. The summed E-state index contributed by atoms with van der Waals surface area (Å²) in [4.78, 5) is 4.59. The van der Waals surface area contributed by atoms with Crippen LogP contribution in [0.4, 0.5) is 5.69 Å². The van der Waals surface area contributed by atoms with Gasteiger partial charge in [-0.15, -0.1) is 11.3 Å². The van der Waals surface area contributed by atoms with Gasteiger partial charge in [0.2, 0.25) is 0 Å². The molecule has 1 aromatic heterocycles. The summed E-state index contributed by atoms with van der Waals surface area (Å²) in [5, 5.41) is 13.2. The van der Waals surface area contributed by atoms with E-state index in [1.807, 2.05) is 53.9 Å². The third-order valence-corrected chi connectivity index (χ3v) is 4.22. The summed E-state index contributed by atoms with van der Waals surface area (Å²) in [6.07, 6.45) is -0.146. The number of anilines is 1.